The second-order valence-electron chi connectivity index (χ2n) is 6.56. The number of nitrogens with zero attached hydrogens (tertiary/aromatic N) is 1. The fourth-order valence-corrected chi connectivity index (χ4v) is 2.48. The molecule has 7 nitrogen and oxygen atoms in total. The molecule has 28 heavy (non-hydrogen) atoms. The van der Waals surface area contributed by atoms with E-state index in [1.54, 1.807) is 45.3 Å². The largest absolute Gasteiger partial charge is 0.481 e. The van der Waals surface area contributed by atoms with Crippen LogP contribution in [0.2, 0.25) is 0 Å². The van der Waals surface area contributed by atoms with Crippen molar-refractivity contribution in [3.05, 3.63) is 54.1 Å². The third kappa shape index (κ3) is 6.59. The number of nitrogens with one attached hydrogen (secondary N) is 1. The fraction of sp³-hybridized carbons (Fsp3) is 0.333. The fourth-order valence-electron chi connectivity index (χ4n) is 2.48. The molecule has 0 radical (unpaired) electrons. The van der Waals surface area contributed by atoms with Crippen molar-refractivity contribution in [2.24, 2.45) is 5.92 Å². The minimum atomic E-state index is -0.937. The van der Waals surface area contributed by atoms with Crippen LogP contribution in [0.3, 0.4) is 0 Å². The van der Waals surface area contributed by atoms with Gasteiger partial charge in [-0.3, -0.25) is 4.79 Å². The number of urea groups is 1. The maximum absolute atomic E-state index is 12.1. The zero-order valence-corrected chi connectivity index (χ0v) is 16.3. The van der Waals surface area contributed by atoms with E-state index >= 15 is 0 Å². The number of amides is 2. The molecule has 7 heteroatoms. The van der Waals surface area contributed by atoms with E-state index in [1.807, 2.05) is 24.3 Å². The van der Waals surface area contributed by atoms with Gasteiger partial charge in [0.25, 0.3) is 0 Å². The lowest BCUT2D eigenvalue weighted by molar-refractivity contribution is -0.141. The highest BCUT2D eigenvalue weighted by Crippen LogP contribution is 2.23. The SMILES string of the molecule is COCCc1ccc(Oc2ccc(NC(=O)N(C)CC(C)C(=O)O)cc2)cc1. The standard InChI is InChI=1S/C21H26N2O5/c1-15(20(24)25)14-23(2)21(26)22-17-6-10-19(11-7-17)28-18-8-4-16(5-9-18)12-13-27-3/h4-11,15H,12-14H2,1-3H3,(H,22,26)(H,24,25). The van der Waals surface area contributed by atoms with Crippen molar-refractivity contribution in [3.63, 3.8) is 0 Å². The Hall–Kier alpha value is -3.06. The van der Waals surface area contributed by atoms with E-state index < -0.39 is 11.9 Å². The third-order valence-corrected chi connectivity index (χ3v) is 4.18. The highest BCUT2D eigenvalue weighted by atomic mass is 16.5. The summed E-state index contributed by atoms with van der Waals surface area (Å²) in [5.41, 5.74) is 1.77. The summed E-state index contributed by atoms with van der Waals surface area (Å²) in [4.78, 5) is 24.4. The molecule has 0 heterocycles. The lowest BCUT2D eigenvalue weighted by Gasteiger charge is -2.20. The number of carbonyl (C=O) groups excluding carboxylic acids is 1. The predicted molar refractivity (Wildman–Crippen MR) is 107 cm³/mol. The van der Waals surface area contributed by atoms with Crippen LogP contribution in [0.5, 0.6) is 11.5 Å². The summed E-state index contributed by atoms with van der Waals surface area (Å²) in [6, 6.07) is 14.4. The van der Waals surface area contributed by atoms with Crippen LogP contribution in [0, 0.1) is 5.92 Å². The molecule has 1 unspecified atom stereocenters. The van der Waals surface area contributed by atoms with E-state index in [-0.39, 0.29) is 12.6 Å². The molecule has 2 rings (SSSR count). The molecule has 0 saturated carbocycles. The molecule has 0 saturated heterocycles. The van der Waals surface area contributed by atoms with Gasteiger partial charge in [0, 0.05) is 26.4 Å². The van der Waals surface area contributed by atoms with Crippen LogP contribution < -0.4 is 10.1 Å². The lowest BCUT2D eigenvalue weighted by atomic mass is 10.1. The number of carboxylic acid groups (broad SMARTS) is 1. The van der Waals surface area contributed by atoms with Crippen LogP contribution in [0.1, 0.15) is 12.5 Å². The van der Waals surface area contributed by atoms with Crippen molar-refractivity contribution in [2.75, 3.05) is 32.6 Å². The average molecular weight is 386 g/mol. The van der Waals surface area contributed by atoms with Crippen LogP contribution in [-0.4, -0.2) is 49.3 Å². The molecule has 0 fully saturated rings. The van der Waals surface area contributed by atoms with Crippen LogP contribution in [0.4, 0.5) is 10.5 Å². The van der Waals surface area contributed by atoms with Gasteiger partial charge in [-0.1, -0.05) is 19.1 Å². The quantitative estimate of drug-likeness (QED) is 0.683. The van der Waals surface area contributed by atoms with Gasteiger partial charge < -0.3 is 24.8 Å². The topological polar surface area (TPSA) is 88.1 Å². The smallest absolute Gasteiger partial charge is 0.321 e. The number of ether oxygens (including phenoxy) is 2. The van der Waals surface area contributed by atoms with Gasteiger partial charge in [-0.25, -0.2) is 4.79 Å². The summed E-state index contributed by atoms with van der Waals surface area (Å²) >= 11 is 0. The Morgan fingerprint density at radius 3 is 2.18 bits per heavy atom. The molecule has 1 atom stereocenters. The molecule has 0 aliphatic rings. The van der Waals surface area contributed by atoms with E-state index in [0.717, 1.165) is 12.2 Å². The summed E-state index contributed by atoms with van der Waals surface area (Å²) < 4.78 is 10.9. The minimum Gasteiger partial charge on any atom is -0.481 e. The van der Waals surface area contributed by atoms with E-state index in [9.17, 15) is 9.59 Å². The number of carbonyl (C=O) groups is 2. The summed E-state index contributed by atoms with van der Waals surface area (Å²) in [6.07, 6.45) is 0.852. The Bertz CT molecular complexity index is 774. The number of methoxy groups -OCH3 is 1. The van der Waals surface area contributed by atoms with E-state index in [2.05, 4.69) is 5.32 Å². The minimum absolute atomic E-state index is 0.128. The number of aliphatic carboxylic acids is 1. The van der Waals surface area contributed by atoms with Gasteiger partial charge in [-0.05, 0) is 48.4 Å². The molecule has 2 N–H and O–H groups in total. The Kier molecular flexibility index (Phi) is 7.83. The van der Waals surface area contributed by atoms with Crippen LogP contribution >= 0.6 is 0 Å². The zero-order chi connectivity index (χ0) is 20.5. The third-order valence-electron chi connectivity index (χ3n) is 4.18. The molecule has 0 spiro atoms. The number of rotatable bonds is 9. The predicted octanol–water partition coefficient (Wildman–Crippen LogP) is 3.85. The zero-order valence-electron chi connectivity index (χ0n) is 16.3. The normalized spacial score (nSPS) is 11.5. The molecular formula is C21H26N2O5. The van der Waals surface area contributed by atoms with Gasteiger partial charge in [-0.2, -0.15) is 0 Å². The monoisotopic (exact) mass is 386 g/mol. The van der Waals surface area contributed by atoms with Crippen LogP contribution in [0.25, 0.3) is 0 Å². The second kappa shape index (κ2) is 10.3. The Morgan fingerprint density at radius 1 is 1.07 bits per heavy atom. The first kappa shape index (κ1) is 21.2. The Balaban J connectivity index is 1.88. The molecule has 2 amide bonds. The van der Waals surface area contributed by atoms with Gasteiger partial charge in [0.2, 0.25) is 0 Å². The van der Waals surface area contributed by atoms with Crippen LogP contribution in [0.15, 0.2) is 48.5 Å². The molecule has 0 aliphatic carbocycles. The summed E-state index contributed by atoms with van der Waals surface area (Å²) in [5.74, 6) is -0.198. The van der Waals surface area contributed by atoms with Crippen molar-refractivity contribution >= 4 is 17.7 Å². The van der Waals surface area contributed by atoms with Crippen molar-refractivity contribution in [2.45, 2.75) is 13.3 Å². The summed E-state index contributed by atoms with van der Waals surface area (Å²) in [7, 11) is 3.24. The first-order valence-corrected chi connectivity index (χ1v) is 8.99. The Labute approximate surface area is 164 Å². The van der Waals surface area contributed by atoms with Gasteiger partial charge in [-0.15, -0.1) is 0 Å². The first-order chi connectivity index (χ1) is 13.4. The Morgan fingerprint density at radius 2 is 1.64 bits per heavy atom. The number of hydrogen-bond donors (Lipinski definition) is 2. The average Bonchev–Trinajstić information content (AvgIpc) is 2.68. The number of benzene rings is 2. The highest BCUT2D eigenvalue weighted by molar-refractivity contribution is 5.89. The van der Waals surface area contributed by atoms with Crippen molar-refractivity contribution < 1.29 is 24.2 Å². The maximum Gasteiger partial charge on any atom is 0.321 e. The van der Waals surface area contributed by atoms with Crippen LogP contribution in [-0.2, 0) is 16.0 Å². The highest BCUT2D eigenvalue weighted by Gasteiger charge is 2.17. The molecule has 2 aromatic carbocycles. The summed E-state index contributed by atoms with van der Waals surface area (Å²) in [5, 5.41) is 11.7. The van der Waals surface area contributed by atoms with Crippen molar-refractivity contribution in [1.82, 2.24) is 4.90 Å². The number of carboxylic acids is 1. The second-order valence-corrected chi connectivity index (χ2v) is 6.56. The first-order valence-electron chi connectivity index (χ1n) is 8.99. The summed E-state index contributed by atoms with van der Waals surface area (Å²) in [6.45, 7) is 2.36. The van der Waals surface area contributed by atoms with Crippen molar-refractivity contribution in [3.8, 4) is 11.5 Å². The van der Waals surface area contributed by atoms with Gasteiger partial charge in [0.05, 0.1) is 12.5 Å². The molecule has 0 aromatic heterocycles. The van der Waals surface area contributed by atoms with Gasteiger partial charge in [0.15, 0.2) is 0 Å². The molecule has 0 aliphatic heterocycles. The van der Waals surface area contributed by atoms with E-state index in [0.29, 0.717) is 18.0 Å². The van der Waals surface area contributed by atoms with Gasteiger partial charge in [0.1, 0.15) is 11.5 Å². The maximum atomic E-state index is 12.1. The van der Waals surface area contributed by atoms with E-state index in [4.69, 9.17) is 14.6 Å². The van der Waals surface area contributed by atoms with Crippen molar-refractivity contribution in [1.29, 1.82) is 0 Å². The van der Waals surface area contributed by atoms with Gasteiger partial charge >= 0.3 is 12.0 Å². The number of hydrogen-bond acceptors (Lipinski definition) is 4. The molecule has 150 valence electrons. The molecule has 2 aromatic rings. The molecule has 0 bridgehead atoms. The number of anilines is 1. The molecular weight excluding hydrogens is 360 g/mol. The van der Waals surface area contributed by atoms with E-state index in [1.165, 1.54) is 10.5 Å². The lowest BCUT2D eigenvalue weighted by Crippen LogP contribution is -2.36.